The van der Waals surface area contributed by atoms with Gasteiger partial charge in [-0.15, -0.1) is 11.3 Å². The number of rotatable bonds is 5. The van der Waals surface area contributed by atoms with Crippen LogP contribution < -0.4 is 5.56 Å². The molecule has 0 bridgehead atoms. The molecule has 2 aromatic carbocycles. The van der Waals surface area contributed by atoms with E-state index in [-0.39, 0.29) is 18.0 Å². The molecule has 7 heteroatoms. The lowest BCUT2D eigenvalue weighted by Gasteiger charge is -2.05. The third-order valence-electron chi connectivity index (χ3n) is 4.20. The van der Waals surface area contributed by atoms with Crippen LogP contribution in [0.1, 0.15) is 26.5 Å². The fourth-order valence-electron chi connectivity index (χ4n) is 2.81. The van der Waals surface area contributed by atoms with Gasteiger partial charge in [0.05, 0.1) is 10.9 Å². The van der Waals surface area contributed by atoms with Crippen molar-refractivity contribution in [3.63, 3.8) is 0 Å². The van der Waals surface area contributed by atoms with Crippen molar-refractivity contribution in [3.05, 3.63) is 87.3 Å². The number of thiophene rings is 1. The summed E-state index contributed by atoms with van der Waals surface area (Å²) in [6.07, 6.45) is 0.698. The van der Waals surface area contributed by atoms with Gasteiger partial charge >= 0.3 is 5.97 Å². The molecule has 6 nitrogen and oxygen atoms in total. The summed E-state index contributed by atoms with van der Waals surface area (Å²) in [5.74, 6) is -0.284. The number of carbonyl (C=O) groups is 2. The summed E-state index contributed by atoms with van der Waals surface area (Å²) in [5.41, 5.74) is 2.29. The largest absolute Gasteiger partial charge is 0.454 e. The zero-order valence-corrected chi connectivity index (χ0v) is 15.4. The maximum atomic E-state index is 12.6. The number of carbonyl (C=O) groups excluding carboxylic acids is 2. The molecular formula is C21H14N2O4S. The number of nitrogens with one attached hydrogen (secondary N) is 1. The maximum Gasteiger partial charge on any atom is 0.338 e. The highest BCUT2D eigenvalue weighted by Crippen LogP contribution is 2.30. The van der Waals surface area contributed by atoms with Crippen LogP contribution in [0.4, 0.5) is 0 Å². The molecule has 0 spiro atoms. The van der Waals surface area contributed by atoms with Crippen molar-refractivity contribution >= 4 is 33.8 Å². The lowest BCUT2D eigenvalue weighted by atomic mass is 10.1. The zero-order valence-electron chi connectivity index (χ0n) is 14.5. The van der Waals surface area contributed by atoms with E-state index in [9.17, 15) is 14.4 Å². The van der Waals surface area contributed by atoms with Crippen LogP contribution in [0.25, 0.3) is 21.3 Å². The number of H-pyrrole nitrogens is 1. The number of hydrogen-bond acceptors (Lipinski definition) is 6. The Morgan fingerprint density at radius 2 is 1.86 bits per heavy atom. The second-order valence-electron chi connectivity index (χ2n) is 6.02. The van der Waals surface area contributed by atoms with Gasteiger partial charge in [-0.3, -0.25) is 9.59 Å². The van der Waals surface area contributed by atoms with Crippen molar-refractivity contribution < 1.29 is 14.3 Å². The summed E-state index contributed by atoms with van der Waals surface area (Å²) >= 11 is 1.37. The molecule has 4 rings (SSSR count). The number of aromatic amines is 1. The van der Waals surface area contributed by atoms with Gasteiger partial charge in [0, 0.05) is 16.5 Å². The molecule has 0 atom stereocenters. The Hall–Kier alpha value is -3.58. The monoisotopic (exact) mass is 390 g/mol. The van der Waals surface area contributed by atoms with E-state index in [0.717, 1.165) is 11.1 Å². The van der Waals surface area contributed by atoms with Crippen LogP contribution in [0, 0.1) is 0 Å². The molecule has 2 aromatic heterocycles. The third-order valence-corrected chi connectivity index (χ3v) is 5.07. The van der Waals surface area contributed by atoms with Gasteiger partial charge in [0.25, 0.3) is 5.56 Å². The predicted molar refractivity (Wildman–Crippen MR) is 107 cm³/mol. The molecular weight excluding hydrogens is 376 g/mol. The van der Waals surface area contributed by atoms with Gasteiger partial charge < -0.3 is 9.72 Å². The Labute approximate surface area is 163 Å². The van der Waals surface area contributed by atoms with Crippen LogP contribution in [0.5, 0.6) is 0 Å². The minimum atomic E-state index is -0.559. The summed E-state index contributed by atoms with van der Waals surface area (Å²) in [7, 11) is 0. The molecule has 0 saturated heterocycles. The summed E-state index contributed by atoms with van der Waals surface area (Å²) < 4.78 is 5.23. The van der Waals surface area contributed by atoms with Crippen molar-refractivity contribution in [2.75, 3.05) is 0 Å². The van der Waals surface area contributed by atoms with Crippen molar-refractivity contribution in [3.8, 4) is 11.1 Å². The highest BCUT2D eigenvalue weighted by molar-refractivity contribution is 7.17. The van der Waals surface area contributed by atoms with E-state index < -0.39 is 5.97 Å². The minimum absolute atomic E-state index is 0.155. The second kappa shape index (κ2) is 7.58. The number of aldehydes is 1. The molecule has 0 aliphatic rings. The maximum absolute atomic E-state index is 12.6. The van der Waals surface area contributed by atoms with Crippen LogP contribution in [0.2, 0.25) is 0 Å². The van der Waals surface area contributed by atoms with Gasteiger partial charge in [0.2, 0.25) is 0 Å². The number of fused-ring (bicyclic) bond motifs is 1. The lowest BCUT2D eigenvalue weighted by molar-refractivity contribution is 0.0462. The third kappa shape index (κ3) is 3.47. The van der Waals surface area contributed by atoms with Gasteiger partial charge in [-0.1, -0.05) is 42.5 Å². The topological polar surface area (TPSA) is 89.1 Å². The molecule has 2 heterocycles. The van der Waals surface area contributed by atoms with Gasteiger partial charge in [-0.25, -0.2) is 9.78 Å². The molecule has 1 N–H and O–H groups in total. The van der Waals surface area contributed by atoms with Gasteiger partial charge in [0.1, 0.15) is 23.5 Å². The Balaban J connectivity index is 1.56. The first-order chi connectivity index (χ1) is 13.7. The number of hydrogen-bond donors (Lipinski definition) is 1. The standard InChI is InChI=1S/C21H14N2O4S/c24-10-13-6-8-15(9-7-13)21(26)27-11-17-22-19(25)18-16(12-28-20(18)23-17)14-4-2-1-3-5-14/h1-10,12H,11H2,(H,22,23,25). The number of benzene rings is 2. The first-order valence-electron chi connectivity index (χ1n) is 8.44. The van der Waals surface area contributed by atoms with E-state index in [4.69, 9.17) is 4.74 Å². The quantitative estimate of drug-likeness (QED) is 0.413. The van der Waals surface area contributed by atoms with Gasteiger partial charge in [-0.2, -0.15) is 0 Å². The zero-order chi connectivity index (χ0) is 19.5. The van der Waals surface area contributed by atoms with Crippen molar-refractivity contribution in [2.45, 2.75) is 6.61 Å². The van der Waals surface area contributed by atoms with E-state index in [0.29, 0.717) is 27.6 Å². The summed E-state index contributed by atoms with van der Waals surface area (Å²) in [6.45, 7) is -0.155. The molecule has 0 saturated carbocycles. The van der Waals surface area contributed by atoms with Crippen molar-refractivity contribution in [2.24, 2.45) is 0 Å². The summed E-state index contributed by atoms with van der Waals surface area (Å²) in [6, 6.07) is 15.7. The lowest BCUT2D eigenvalue weighted by Crippen LogP contribution is -2.14. The van der Waals surface area contributed by atoms with E-state index in [2.05, 4.69) is 9.97 Å². The Morgan fingerprint density at radius 3 is 2.57 bits per heavy atom. The fourth-order valence-corrected chi connectivity index (χ4v) is 3.77. The number of nitrogens with zero attached hydrogens (tertiary/aromatic N) is 1. The van der Waals surface area contributed by atoms with Gasteiger partial charge in [-0.05, 0) is 17.7 Å². The fraction of sp³-hybridized carbons (Fsp3) is 0.0476. The Morgan fingerprint density at radius 1 is 1.11 bits per heavy atom. The molecule has 0 fully saturated rings. The molecule has 0 amide bonds. The second-order valence-corrected chi connectivity index (χ2v) is 6.88. The van der Waals surface area contributed by atoms with Gasteiger partial charge in [0.15, 0.2) is 0 Å². The Bertz CT molecular complexity index is 1210. The highest BCUT2D eigenvalue weighted by Gasteiger charge is 2.14. The van der Waals surface area contributed by atoms with Crippen LogP contribution in [0.3, 0.4) is 0 Å². The highest BCUT2D eigenvalue weighted by atomic mass is 32.1. The van der Waals surface area contributed by atoms with Crippen LogP contribution in [-0.2, 0) is 11.3 Å². The summed E-state index contributed by atoms with van der Waals surface area (Å²) in [5, 5.41) is 2.42. The average Bonchev–Trinajstić information content (AvgIpc) is 3.17. The molecule has 0 aliphatic carbocycles. The van der Waals surface area contributed by atoms with Crippen molar-refractivity contribution in [1.82, 2.24) is 9.97 Å². The molecule has 28 heavy (non-hydrogen) atoms. The van der Waals surface area contributed by atoms with Crippen LogP contribution in [-0.4, -0.2) is 22.2 Å². The van der Waals surface area contributed by atoms with E-state index in [1.807, 2.05) is 35.7 Å². The van der Waals surface area contributed by atoms with E-state index in [1.54, 1.807) is 0 Å². The SMILES string of the molecule is O=Cc1ccc(C(=O)OCc2nc3scc(-c4ccccc4)c3c(=O)[nH]2)cc1. The smallest absolute Gasteiger partial charge is 0.338 e. The van der Waals surface area contributed by atoms with Crippen LogP contribution in [0.15, 0.2) is 64.8 Å². The molecule has 0 aliphatic heterocycles. The van der Waals surface area contributed by atoms with Crippen LogP contribution >= 0.6 is 11.3 Å². The first-order valence-corrected chi connectivity index (χ1v) is 9.32. The summed E-state index contributed by atoms with van der Waals surface area (Å²) in [4.78, 5) is 43.1. The van der Waals surface area contributed by atoms with E-state index in [1.165, 1.54) is 35.6 Å². The first kappa shape index (κ1) is 17.8. The van der Waals surface area contributed by atoms with E-state index >= 15 is 0 Å². The minimum Gasteiger partial charge on any atom is -0.454 e. The van der Waals surface area contributed by atoms with Crippen molar-refractivity contribution in [1.29, 1.82) is 0 Å². The Kier molecular flexibility index (Phi) is 4.82. The molecule has 4 aromatic rings. The predicted octanol–water partition coefficient (Wildman–Crippen LogP) is 3.82. The average molecular weight is 390 g/mol. The normalized spacial score (nSPS) is 10.7. The number of aromatic nitrogens is 2. The molecule has 0 radical (unpaired) electrons. The number of ether oxygens (including phenoxy) is 1. The molecule has 0 unspecified atom stereocenters. The molecule has 138 valence electrons. The number of esters is 1.